The molecule has 4 N–H and O–H groups in total. The van der Waals surface area contributed by atoms with Gasteiger partial charge in [-0.3, -0.25) is 14.3 Å². The lowest BCUT2D eigenvalue weighted by molar-refractivity contribution is -0.122. The number of ether oxygens (including phenoxy) is 1. The zero-order chi connectivity index (χ0) is 27.4. The van der Waals surface area contributed by atoms with Crippen LogP contribution < -0.4 is 21.3 Å². The molecule has 0 spiro atoms. The molecular weight excluding hydrogens is 492 g/mol. The number of carbonyl (C=O) groups is 2. The van der Waals surface area contributed by atoms with Crippen molar-refractivity contribution in [1.82, 2.24) is 20.4 Å². The molecule has 0 unspecified atom stereocenters. The molecular formula is C30H38N6O3. The summed E-state index contributed by atoms with van der Waals surface area (Å²) in [6.45, 7) is 1.33. The highest BCUT2D eigenvalue weighted by atomic mass is 16.5. The van der Waals surface area contributed by atoms with E-state index in [2.05, 4.69) is 15.5 Å². The molecule has 1 aliphatic heterocycles. The van der Waals surface area contributed by atoms with Crippen LogP contribution in [0.4, 0.5) is 11.5 Å². The minimum Gasteiger partial charge on any atom is -0.399 e. The van der Waals surface area contributed by atoms with Crippen molar-refractivity contribution < 1.29 is 14.3 Å². The number of methoxy groups -OCH3 is 1. The number of nitrogens with zero attached hydrogens (tertiary/aromatic N) is 3. The molecule has 0 bridgehead atoms. The van der Waals surface area contributed by atoms with E-state index < -0.39 is 0 Å². The van der Waals surface area contributed by atoms with Gasteiger partial charge in [-0.25, -0.2) is 0 Å². The van der Waals surface area contributed by atoms with Crippen molar-refractivity contribution in [2.45, 2.75) is 50.7 Å². The largest absolute Gasteiger partial charge is 0.399 e. The predicted molar refractivity (Wildman–Crippen MR) is 152 cm³/mol. The van der Waals surface area contributed by atoms with E-state index in [4.69, 9.17) is 15.6 Å². The molecule has 1 aromatic heterocycles. The maximum atomic E-state index is 13.1. The fourth-order valence-corrected chi connectivity index (χ4v) is 5.96. The van der Waals surface area contributed by atoms with Crippen LogP contribution in [0.1, 0.15) is 48.2 Å². The maximum absolute atomic E-state index is 13.1. The second kappa shape index (κ2) is 11.9. The minimum atomic E-state index is -0.244. The predicted octanol–water partition coefficient (Wildman–Crippen LogP) is 3.50. The smallest absolute Gasteiger partial charge is 0.251 e. The molecule has 2 heterocycles. The normalized spacial score (nSPS) is 20.5. The van der Waals surface area contributed by atoms with Gasteiger partial charge in [0.05, 0.1) is 18.8 Å². The lowest BCUT2D eigenvalue weighted by Gasteiger charge is -2.33. The number of hydrogen-bond acceptors (Lipinski definition) is 6. The number of carbonyl (C=O) groups excluding carboxylic acids is 2. The molecule has 2 fully saturated rings. The summed E-state index contributed by atoms with van der Waals surface area (Å²) in [5.74, 6) is 1.18. The first-order valence-corrected chi connectivity index (χ1v) is 13.8. The highest BCUT2D eigenvalue weighted by Gasteiger charge is 2.46. The van der Waals surface area contributed by atoms with E-state index >= 15 is 0 Å². The Labute approximate surface area is 229 Å². The lowest BCUT2D eigenvalue weighted by atomic mass is 9.84. The summed E-state index contributed by atoms with van der Waals surface area (Å²) in [4.78, 5) is 28.3. The molecule has 2 aromatic carbocycles. The van der Waals surface area contributed by atoms with Crippen LogP contribution in [0.5, 0.6) is 0 Å². The quantitative estimate of drug-likeness (QED) is 0.288. The Bertz CT molecular complexity index is 1290. The Morgan fingerprint density at radius 2 is 1.72 bits per heavy atom. The van der Waals surface area contributed by atoms with Gasteiger partial charge < -0.3 is 26.0 Å². The molecule has 2 aliphatic rings. The number of rotatable bonds is 9. The Kier molecular flexibility index (Phi) is 8.16. The van der Waals surface area contributed by atoms with Crippen LogP contribution in [-0.2, 0) is 23.1 Å². The summed E-state index contributed by atoms with van der Waals surface area (Å²) in [5, 5.41) is 10.8. The van der Waals surface area contributed by atoms with Crippen LogP contribution >= 0.6 is 0 Å². The number of nitrogen functional groups attached to an aromatic ring is 1. The van der Waals surface area contributed by atoms with E-state index in [1.165, 1.54) is 12.8 Å². The van der Waals surface area contributed by atoms with Crippen molar-refractivity contribution in [2.24, 2.45) is 13.0 Å². The zero-order valence-corrected chi connectivity index (χ0v) is 22.7. The third-order valence-corrected chi connectivity index (χ3v) is 8.05. The molecule has 39 heavy (non-hydrogen) atoms. The van der Waals surface area contributed by atoms with E-state index in [1.54, 1.807) is 11.8 Å². The van der Waals surface area contributed by atoms with Gasteiger partial charge in [-0.05, 0) is 60.6 Å². The van der Waals surface area contributed by atoms with Crippen LogP contribution in [-0.4, -0.2) is 53.9 Å². The molecule has 5 rings (SSSR count). The third-order valence-electron chi connectivity index (χ3n) is 8.05. The summed E-state index contributed by atoms with van der Waals surface area (Å²) in [5.41, 5.74) is 10.1. The fraction of sp³-hybridized carbons (Fsp3) is 0.433. The number of hydrogen-bond donors (Lipinski definition) is 3. The Balaban J connectivity index is 1.26. The van der Waals surface area contributed by atoms with Gasteiger partial charge in [-0.15, -0.1) is 0 Å². The molecule has 1 aliphatic carbocycles. The summed E-state index contributed by atoms with van der Waals surface area (Å²) >= 11 is 0. The number of anilines is 2. The number of nitrogens with two attached hydrogens (primary N) is 1. The summed E-state index contributed by atoms with van der Waals surface area (Å²) in [7, 11) is 3.52. The summed E-state index contributed by atoms with van der Waals surface area (Å²) in [6.07, 6.45) is 5.45. The van der Waals surface area contributed by atoms with Crippen molar-refractivity contribution >= 4 is 23.3 Å². The van der Waals surface area contributed by atoms with Crippen LogP contribution in [0.2, 0.25) is 0 Å². The zero-order valence-electron chi connectivity index (χ0n) is 22.7. The molecule has 3 aromatic rings. The van der Waals surface area contributed by atoms with Gasteiger partial charge >= 0.3 is 0 Å². The fourth-order valence-electron chi connectivity index (χ4n) is 5.96. The molecule has 206 valence electrons. The monoisotopic (exact) mass is 530 g/mol. The molecule has 1 saturated carbocycles. The Hall–Kier alpha value is -3.85. The Morgan fingerprint density at radius 3 is 2.44 bits per heavy atom. The average Bonchev–Trinajstić information content (AvgIpc) is 3.52. The second-order valence-electron chi connectivity index (χ2n) is 10.6. The van der Waals surface area contributed by atoms with E-state index in [0.717, 1.165) is 47.6 Å². The standard InChI is InChI=1S/C30H38N6O3/c1-35-25(19-33-29(37)22-9-7-20(8-10-22)21-11-13-24(31)14-12-21)18-28(34-35)36-26-6-4-3-5-23(26)17-27(36)30(38)32-15-16-39-2/h7-14,18,23,26-27H,3-6,15-17,19,31H2,1-2H3,(H,32,38)(H,33,37)/t23-,26-,27-/m0/s1. The molecule has 3 atom stereocenters. The van der Waals surface area contributed by atoms with Crippen molar-refractivity contribution in [3.63, 3.8) is 0 Å². The average molecular weight is 531 g/mol. The van der Waals surface area contributed by atoms with Crippen LogP contribution in [0.3, 0.4) is 0 Å². The van der Waals surface area contributed by atoms with Gasteiger partial charge in [0.25, 0.3) is 5.91 Å². The minimum absolute atomic E-state index is 0.0318. The number of fused-ring (bicyclic) bond motifs is 1. The van der Waals surface area contributed by atoms with Gasteiger partial charge in [-0.1, -0.05) is 37.1 Å². The summed E-state index contributed by atoms with van der Waals surface area (Å²) in [6, 6.07) is 17.3. The van der Waals surface area contributed by atoms with E-state index in [9.17, 15) is 9.59 Å². The molecule has 9 heteroatoms. The first-order valence-electron chi connectivity index (χ1n) is 13.8. The molecule has 1 saturated heterocycles. The van der Waals surface area contributed by atoms with Crippen LogP contribution in [0, 0.1) is 5.92 Å². The van der Waals surface area contributed by atoms with Gasteiger partial charge in [0, 0.05) is 44.1 Å². The number of aryl methyl sites for hydroxylation is 1. The van der Waals surface area contributed by atoms with E-state index in [1.807, 2.05) is 61.6 Å². The van der Waals surface area contributed by atoms with Gasteiger partial charge in [0.15, 0.2) is 5.82 Å². The SMILES string of the molecule is COCCNC(=O)[C@@H]1C[C@@H]2CCCC[C@@H]2N1c1cc(CNC(=O)c2ccc(-c3ccc(N)cc3)cc2)n(C)n1. The van der Waals surface area contributed by atoms with Gasteiger partial charge in [-0.2, -0.15) is 5.10 Å². The second-order valence-corrected chi connectivity index (χ2v) is 10.6. The van der Waals surface area contributed by atoms with Crippen LogP contribution in [0.25, 0.3) is 11.1 Å². The number of nitrogens with one attached hydrogen (secondary N) is 2. The highest BCUT2D eigenvalue weighted by Crippen LogP contribution is 2.42. The van der Waals surface area contributed by atoms with Crippen LogP contribution in [0.15, 0.2) is 54.6 Å². The number of benzene rings is 2. The van der Waals surface area contributed by atoms with E-state index in [0.29, 0.717) is 37.2 Å². The maximum Gasteiger partial charge on any atom is 0.251 e. The summed E-state index contributed by atoms with van der Waals surface area (Å²) < 4.78 is 6.91. The highest BCUT2D eigenvalue weighted by molar-refractivity contribution is 5.94. The van der Waals surface area contributed by atoms with Crippen molar-refractivity contribution in [3.05, 3.63) is 65.9 Å². The number of amides is 2. The van der Waals surface area contributed by atoms with Gasteiger partial charge in [0.1, 0.15) is 6.04 Å². The molecule has 0 radical (unpaired) electrons. The van der Waals surface area contributed by atoms with E-state index in [-0.39, 0.29) is 17.9 Å². The topological polar surface area (TPSA) is 115 Å². The van der Waals surface area contributed by atoms with Gasteiger partial charge in [0.2, 0.25) is 5.91 Å². The first-order chi connectivity index (χ1) is 18.9. The Morgan fingerprint density at radius 1 is 1.03 bits per heavy atom. The van der Waals surface area contributed by atoms with Crippen molar-refractivity contribution in [1.29, 1.82) is 0 Å². The third kappa shape index (κ3) is 5.93. The molecule has 2 amide bonds. The van der Waals surface area contributed by atoms with Crippen molar-refractivity contribution in [2.75, 3.05) is 30.9 Å². The number of aromatic nitrogens is 2. The first kappa shape index (κ1) is 26.7. The molecule has 9 nitrogen and oxygen atoms in total. The lowest BCUT2D eigenvalue weighted by Crippen LogP contribution is -2.47. The van der Waals surface area contributed by atoms with Crippen molar-refractivity contribution in [3.8, 4) is 11.1 Å².